The average Bonchev–Trinajstić information content (AvgIpc) is 2.77. The van der Waals surface area contributed by atoms with Gasteiger partial charge in [0.25, 0.3) is 0 Å². The lowest BCUT2D eigenvalue weighted by Crippen LogP contribution is -1.99. The van der Waals surface area contributed by atoms with E-state index in [2.05, 4.69) is 15.2 Å². The van der Waals surface area contributed by atoms with Crippen LogP contribution in [0.5, 0.6) is 0 Å². The molecule has 17 heavy (non-hydrogen) atoms. The third kappa shape index (κ3) is 2.96. The minimum absolute atomic E-state index is 0.179. The van der Waals surface area contributed by atoms with E-state index in [0.717, 1.165) is 8.68 Å². The quantitative estimate of drug-likeness (QED) is 0.865. The minimum atomic E-state index is -0.991. The van der Waals surface area contributed by atoms with Crippen molar-refractivity contribution >= 4 is 40.8 Å². The van der Waals surface area contributed by atoms with Crippen LogP contribution in [-0.2, 0) is 0 Å². The zero-order valence-corrected chi connectivity index (χ0v) is 11.1. The molecule has 2 heterocycles. The van der Waals surface area contributed by atoms with Gasteiger partial charge in [0, 0.05) is 17.3 Å². The number of carboxylic acid groups (broad SMARTS) is 1. The van der Waals surface area contributed by atoms with Crippen LogP contribution >= 0.6 is 34.9 Å². The Morgan fingerprint density at radius 2 is 2.18 bits per heavy atom. The maximum Gasteiger partial charge on any atom is 0.338 e. The third-order valence-electron chi connectivity index (χ3n) is 1.77. The van der Waals surface area contributed by atoms with Gasteiger partial charge in [0.15, 0.2) is 8.68 Å². The topological polar surface area (TPSA) is 76.0 Å². The molecule has 88 valence electrons. The largest absolute Gasteiger partial charge is 0.478 e. The van der Waals surface area contributed by atoms with Gasteiger partial charge >= 0.3 is 5.97 Å². The zero-order chi connectivity index (χ0) is 12.3. The predicted molar refractivity (Wildman–Crippen MR) is 67.0 cm³/mol. The highest BCUT2D eigenvalue weighted by Gasteiger charge is 2.13. The van der Waals surface area contributed by atoms with Crippen LogP contribution in [0.2, 0.25) is 0 Å². The number of nitrogens with zero attached hydrogens (tertiary/aromatic N) is 3. The molecule has 0 bridgehead atoms. The average molecular weight is 285 g/mol. The van der Waals surface area contributed by atoms with Gasteiger partial charge in [0.2, 0.25) is 0 Å². The number of pyridine rings is 1. The van der Waals surface area contributed by atoms with Crippen LogP contribution < -0.4 is 0 Å². The zero-order valence-electron chi connectivity index (χ0n) is 8.65. The Kier molecular flexibility index (Phi) is 3.97. The number of carbonyl (C=O) groups is 1. The Labute approximate surface area is 110 Å². The number of aromatic carboxylic acids is 1. The second kappa shape index (κ2) is 5.48. The van der Waals surface area contributed by atoms with E-state index in [1.807, 2.05) is 6.26 Å². The van der Waals surface area contributed by atoms with E-state index in [1.54, 1.807) is 12.3 Å². The van der Waals surface area contributed by atoms with Gasteiger partial charge in [-0.1, -0.05) is 34.9 Å². The summed E-state index contributed by atoms with van der Waals surface area (Å²) in [5.41, 5.74) is 0.179. The highest BCUT2D eigenvalue weighted by Crippen LogP contribution is 2.34. The number of thioether (sulfide) groups is 1. The molecule has 2 rings (SSSR count). The number of rotatable bonds is 4. The van der Waals surface area contributed by atoms with Crippen molar-refractivity contribution < 1.29 is 9.90 Å². The maximum absolute atomic E-state index is 11.0. The molecule has 2 aromatic rings. The molecule has 0 aliphatic carbocycles. The second-order valence-electron chi connectivity index (χ2n) is 2.82. The Bertz CT molecular complexity index is 544. The molecule has 0 spiro atoms. The fraction of sp³-hybridized carbons (Fsp3) is 0.111. The van der Waals surface area contributed by atoms with Crippen molar-refractivity contribution in [2.75, 3.05) is 6.26 Å². The van der Waals surface area contributed by atoms with Crippen LogP contribution in [0, 0.1) is 0 Å². The van der Waals surface area contributed by atoms with E-state index < -0.39 is 5.97 Å². The van der Waals surface area contributed by atoms with Crippen molar-refractivity contribution in [3.8, 4) is 0 Å². The first-order valence-electron chi connectivity index (χ1n) is 4.43. The fourth-order valence-corrected chi connectivity index (χ4v) is 3.53. The monoisotopic (exact) mass is 285 g/mol. The molecular formula is C9H7N3O2S3. The van der Waals surface area contributed by atoms with E-state index in [-0.39, 0.29) is 5.56 Å². The summed E-state index contributed by atoms with van der Waals surface area (Å²) in [6, 6.07) is 1.66. The molecule has 0 radical (unpaired) electrons. The Balaban J connectivity index is 2.26. The first kappa shape index (κ1) is 12.3. The Morgan fingerprint density at radius 1 is 1.41 bits per heavy atom. The van der Waals surface area contributed by atoms with Crippen LogP contribution in [0.1, 0.15) is 10.4 Å². The fourth-order valence-electron chi connectivity index (χ4n) is 1.05. The van der Waals surface area contributed by atoms with Crippen molar-refractivity contribution in [1.29, 1.82) is 0 Å². The summed E-state index contributed by atoms with van der Waals surface area (Å²) in [5, 5.41) is 16.9. The molecule has 0 amide bonds. The van der Waals surface area contributed by atoms with E-state index in [9.17, 15) is 4.79 Å². The maximum atomic E-state index is 11.0. The van der Waals surface area contributed by atoms with Gasteiger partial charge in [-0.3, -0.25) is 4.98 Å². The lowest BCUT2D eigenvalue weighted by atomic mass is 10.3. The standard InChI is InChI=1S/C9H7N3O2S3/c1-15-8-11-12-9(17-8)16-6-2-3-10-4-5(6)7(13)14/h2-4H,1H3,(H,13,14). The highest BCUT2D eigenvalue weighted by molar-refractivity contribution is 8.03. The molecule has 0 aliphatic rings. The molecule has 0 aliphatic heterocycles. The van der Waals surface area contributed by atoms with Gasteiger partial charge < -0.3 is 5.11 Å². The number of aromatic nitrogens is 3. The predicted octanol–water partition coefficient (Wildman–Crippen LogP) is 2.50. The van der Waals surface area contributed by atoms with Gasteiger partial charge in [-0.15, -0.1) is 10.2 Å². The van der Waals surface area contributed by atoms with E-state index in [0.29, 0.717) is 4.90 Å². The van der Waals surface area contributed by atoms with E-state index in [1.165, 1.54) is 41.1 Å². The molecule has 2 aromatic heterocycles. The highest BCUT2D eigenvalue weighted by atomic mass is 32.2. The molecule has 8 heteroatoms. The van der Waals surface area contributed by atoms with Gasteiger partial charge in [0.1, 0.15) is 0 Å². The molecule has 1 N–H and O–H groups in total. The lowest BCUT2D eigenvalue weighted by Gasteiger charge is -2.00. The summed E-state index contributed by atoms with van der Waals surface area (Å²) in [6.45, 7) is 0. The number of hydrogen-bond acceptors (Lipinski definition) is 7. The molecule has 5 nitrogen and oxygen atoms in total. The van der Waals surface area contributed by atoms with Gasteiger partial charge in [-0.2, -0.15) is 0 Å². The van der Waals surface area contributed by atoms with Crippen molar-refractivity contribution in [3.63, 3.8) is 0 Å². The van der Waals surface area contributed by atoms with Crippen LogP contribution in [0.25, 0.3) is 0 Å². The molecule has 0 saturated carbocycles. The van der Waals surface area contributed by atoms with Gasteiger partial charge in [-0.05, 0) is 12.3 Å². The summed E-state index contributed by atoms with van der Waals surface area (Å²) in [4.78, 5) is 15.4. The molecular weight excluding hydrogens is 278 g/mol. The normalized spacial score (nSPS) is 10.4. The van der Waals surface area contributed by atoms with Crippen molar-refractivity contribution in [3.05, 3.63) is 24.0 Å². The summed E-state index contributed by atoms with van der Waals surface area (Å²) < 4.78 is 1.58. The van der Waals surface area contributed by atoms with Crippen molar-refractivity contribution in [2.45, 2.75) is 13.6 Å². The molecule has 0 aromatic carbocycles. The minimum Gasteiger partial charge on any atom is -0.478 e. The first-order chi connectivity index (χ1) is 8.20. The molecule has 0 unspecified atom stereocenters. The lowest BCUT2D eigenvalue weighted by molar-refractivity contribution is 0.0692. The second-order valence-corrected chi connectivity index (χ2v) is 6.14. The van der Waals surface area contributed by atoms with Crippen molar-refractivity contribution in [2.24, 2.45) is 0 Å². The molecule has 0 saturated heterocycles. The van der Waals surface area contributed by atoms with Crippen LogP contribution in [0.3, 0.4) is 0 Å². The van der Waals surface area contributed by atoms with Crippen LogP contribution in [-0.4, -0.2) is 32.5 Å². The van der Waals surface area contributed by atoms with Crippen LogP contribution in [0.15, 0.2) is 32.0 Å². The first-order valence-corrected chi connectivity index (χ1v) is 7.29. The third-order valence-corrected chi connectivity index (χ3v) is 4.80. The smallest absolute Gasteiger partial charge is 0.338 e. The summed E-state index contributed by atoms with van der Waals surface area (Å²) in [5.74, 6) is -0.991. The molecule has 0 fully saturated rings. The summed E-state index contributed by atoms with van der Waals surface area (Å²) >= 11 is 4.24. The van der Waals surface area contributed by atoms with E-state index >= 15 is 0 Å². The SMILES string of the molecule is CSc1nnc(Sc2ccncc2C(=O)O)s1. The Hall–Kier alpha value is -1.12. The number of hydrogen-bond donors (Lipinski definition) is 1. The van der Waals surface area contributed by atoms with Crippen molar-refractivity contribution in [1.82, 2.24) is 15.2 Å². The van der Waals surface area contributed by atoms with Gasteiger partial charge in [-0.25, -0.2) is 4.79 Å². The van der Waals surface area contributed by atoms with E-state index in [4.69, 9.17) is 5.11 Å². The summed E-state index contributed by atoms with van der Waals surface area (Å²) in [7, 11) is 0. The van der Waals surface area contributed by atoms with Crippen LogP contribution in [0.4, 0.5) is 0 Å². The molecule has 0 atom stereocenters. The number of carboxylic acids is 1. The summed E-state index contributed by atoms with van der Waals surface area (Å²) in [6.07, 6.45) is 4.82. The van der Waals surface area contributed by atoms with Gasteiger partial charge in [0.05, 0.1) is 5.56 Å². The Morgan fingerprint density at radius 3 is 2.82 bits per heavy atom.